The Balaban J connectivity index is 2.01. The monoisotopic (exact) mass is 262 g/mol. The minimum absolute atomic E-state index is 0.0340. The molecule has 1 aromatic carbocycles. The van der Waals surface area contributed by atoms with E-state index in [9.17, 15) is 4.79 Å². The zero-order valence-corrected chi connectivity index (χ0v) is 10.4. The number of carbonyl (C=O) groups is 1. The van der Waals surface area contributed by atoms with Gasteiger partial charge in [0.25, 0.3) is 0 Å². The Labute approximate surface area is 110 Å². The van der Waals surface area contributed by atoms with Gasteiger partial charge in [-0.1, -0.05) is 0 Å². The number of nitrogens with zero attached hydrogens (tertiary/aromatic N) is 2. The topological polar surface area (TPSA) is 73.6 Å². The third-order valence-electron chi connectivity index (χ3n) is 2.48. The van der Waals surface area contributed by atoms with Crippen molar-refractivity contribution in [2.75, 3.05) is 13.7 Å². The third-order valence-corrected chi connectivity index (χ3v) is 2.48. The van der Waals surface area contributed by atoms with Gasteiger partial charge in [0.2, 0.25) is 0 Å². The summed E-state index contributed by atoms with van der Waals surface area (Å²) in [6.45, 7) is 0.129. The van der Waals surface area contributed by atoms with Crippen molar-refractivity contribution in [3.63, 3.8) is 0 Å². The first-order valence-corrected chi connectivity index (χ1v) is 5.73. The van der Waals surface area contributed by atoms with Gasteiger partial charge < -0.3 is 14.6 Å². The second-order valence-electron chi connectivity index (χ2n) is 3.81. The Bertz CT molecular complexity index is 548. The van der Waals surface area contributed by atoms with Gasteiger partial charge in [0, 0.05) is 0 Å². The number of ether oxygens (including phenoxy) is 2. The molecule has 0 aliphatic heterocycles. The number of methoxy groups -OCH3 is 1. The molecule has 1 aromatic heterocycles. The number of aromatic nitrogens is 2. The number of rotatable bonds is 6. The van der Waals surface area contributed by atoms with Crippen molar-refractivity contribution >= 4 is 5.97 Å². The molecule has 19 heavy (non-hydrogen) atoms. The lowest BCUT2D eigenvalue weighted by Gasteiger charge is -2.03. The average Bonchev–Trinajstić information content (AvgIpc) is 2.87. The summed E-state index contributed by atoms with van der Waals surface area (Å²) in [5.74, 6) is 0.424. The van der Waals surface area contributed by atoms with E-state index in [0.29, 0.717) is 5.75 Å². The van der Waals surface area contributed by atoms with E-state index in [4.69, 9.17) is 14.6 Å². The van der Waals surface area contributed by atoms with E-state index < -0.39 is 5.97 Å². The highest BCUT2D eigenvalue weighted by atomic mass is 16.5. The van der Waals surface area contributed by atoms with Crippen LogP contribution in [0.15, 0.2) is 36.7 Å². The highest BCUT2D eigenvalue weighted by Gasteiger charge is 2.03. The minimum Gasteiger partial charge on any atom is -0.497 e. The fraction of sp³-hybridized carbons (Fsp3) is 0.231. The number of hydrogen-bond acceptors (Lipinski definition) is 4. The lowest BCUT2D eigenvalue weighted by Crippen LogP contribution is -2.04. The van der Waals surface area contributed by atoms with Crippen LogP contribution < -0.4 is 9.47 Å². The van der Waals surface area contributed by atoms with Crippen molar-refractivity contribution in [1.82, 2.24) is 9.78 Å². The Kier molecular flexibility index (Phi) is 4.02. The van der Waals surface area contributed by atoms with E-state index in [1.165, 1.54) is 0 Å². The Morgan fingerprint density at radius 1 is 1.32 bits per heavy atom. The van der Waals surface area contributed by atoms with E-state index in [2.05, 4.69) is 5.10 Å². The first-order valence-electron chi connectivity index (χ1n) is 5.73. The van der Waals surface area contributed by atoms with Gasteiger partial charge in [-0.3, -0.25) is 4.79 Å². The van der Waals surface area contributed by atoms with Crippen molar-refractivity contribution in [2.24, 2.45) is 0 Å². The number of aliphatic carboxylic acids is 1. The maximum Gasteiger partial charge on any atom is 0.306 e. The molecule has 6 heteroatoms. The number of benzene rings is 1. The molecule has 0 atom stereocenters. The Morgan fingerprint density at radius 3 is 2.68 bits per heavy atom. The van der Waals surface area contributed by atoms with Gasteiger partial charge in [-0.15, -0.1) is 0 Å². The highest BCUT2D eigenvalue weighted by molar-refractivity contribution is 5.66. The summed E-state index contributed by atoms with van der Waals surface area (Å²) in [7, 11) is 1.61. The summed E-state index contributed by atoms with van der Waals surface area (Å²) in [5, 5.41) is 12.7. The molecule has 0 amide bonds. The van der Waals surface area contributed by atoms with Gasteiger partial charge in [-0.25, -0.2) is 4.68 Å². The summed E-state index contributed by atoms with van der Waals surface area (Å²) >= 11 is 0. The molecule has 0 saturated carbocycles. The molecule has 0 radical (unpaired) electrons. The van der Waals surface area contributed by atoms with Crippen molar-refractivity contribution < 1.29 is 19.4 Å². The van der Waals surface area contributed by atoms with E-state index in [-0.39, 0.29) is 13.0 Å². The molecule has 0 spiro atoms. The largest absolute Gasteiger partial charge is 0.497 e. The maximum atomic E-state index is 10.4. The van der Waals surface area contributed by atoms with Crippen LogP contribution in [0.5, 0.6) is 11.5 Å². The lowest BCUT2D eigenvalue weighted by molar-refractivity contribution is -0.137. The first kappa shape index (κ1) is 12.9. The van der Waals surface area contributed by atoms with Crippen LogP contribution >= 0.6 is 0 Å². The van der Waals surface area contributed by atoms with Crippen LogP contribution in [0.2, 0.25) is 0 Å². The molecule has 0 aliphatic carbocycles. The molecule has 1 heterocycles. The van der Waals surface area contributed by atoms with E-state index in [1.54, 1.807) is 24.2 Å². The molecule has 0 aliphatic rings. The van der Waals surface area contributed by atoms with Gasteiger partial charge in [0.05, 0.1) is 38.2 Å². The van der Waals surface area contributed by atoms with Crippen LogP contribution in [-0.4, -0.2) is 34.6 Å². The van der Waals surface area contributed by atoms with Crippen LogP contribution in [0.1, 0.15) is 6.42 Å². The average molecular weight is 262 g/mol. The van der Waals surface area contributed by atoms with Gasteiger partial charge in [-0.2, -0.15) is 5.10 Å². The molecule has 0 bridgehead atoms. The Hall–Kier alpha value is -2.50. The van der Waals surface area contributed by atoms with Gasteiger partial charge >= 0.3 is 5.97 Å². The molecule has 1 N–H and O–H groups in total. The fourth-order valence-electron chi connectivity index (χ4n) is 1.51. The minimum atomic E-state index is -0.887. The normalized spacial score (nSPS) is 10.2. The van der Waals surface area contributed by atoms with Crippen molar-refractivity contribution in [2.45, 2.75) is 6.42 Å². The molecule has 2 aromatic rings. The molecule has 0 fully saturated rings. The van der Waals surface area contributed by atoms with E-state index >= 15 is 0 Å². The third kappa shape index (κ3) is 3.48. The SMILES string of the molecule is COc1ccc(-n2cc(OCCC(=O)O)cn2)cc1. The van der Waals surface area contributed by atoms with E-state index in [1.807, 2.05) is 24.3 Å². The van der Waals surface area contributed by atoms with Crippen molar-refractivity contribution in [3.8, 4) is 17.2 Å². The van der Waals surface area contributed by atoms with Crippen molar-refractivity contribution in [1.29, 1.82) is 0 Å². The first-order chi connectivity index (χ1) is 9.19. The summed E-state index contributed by atoms with van der Waals surface area (Å²) in [6.07, 6.45) is 3.21. The quantitative estimate of drug-likeness (QED) is 0.858. The highest BCUT2D eigenvalue weighted by Crippen LogP contribution is 2.17. The van der Waals surface area contributed by atoms with Crippen molar-refractivity contribution in [3.05, 3.63) is 36.7 Å². The van der Waals surface area contributed by atoms with E-state index in [0.717, 1.165) is 11.4 Å². The summed E-state index contributed by atoms with van der Waals surface area (Å²) < 4.78 is 12.0. The Morgan fingerprint density at radius 2 is 2.05 bits per heavy atom. The second kappa shape index (κ2) is 5.90. The predicted molar refractivity (Wildman–Crippen MR) is 67.9 cm³/mol. The standard InChI is InChI=1S/C13H14N2O4/c1-18-11-4-2-10(3-5-11)15-9-12(8-14-15)19-7-6-13(16)17/h2-5,8-9H,6-7H2,1H3,(H,16,17). The molecule has 6 nitrogen and oxygen atoms in total. The molecular weight excluding hydrogens is 248 g/mol. The summed E-state index contributed by atoms with van der Waals surface area (Å²) in [6, 6.07) is 7.41. The van der Waals surface area contributed by atoms with Crippen LogP contribution in [-0.2, 0) is 4.79 Å². The van der Waals surface area contributed by atoms with Crippen LogP contribution in [0.4, 0.5) is 0 Å². The van der Waals surface area contributed by atoms with Gasteiger partial charge in [0.1, 0.15) is 5.75 Å². The second-order valence-corrected chi connectivity index (χ2v) is 3.81. The van der Waals surface area contributed by atoms with Crippen LogP contribution in [0.25, 0.3) is 5.69 Å². The summed E-state index contributed by atoms with van der Waals surface area (Å²) in [5.41, 5.74) is 0.869. The summed E-state index contributed by atoms with van der Waals surface area (Å²) in [4.78, 5) is 10.4. The molecule has 2 rings (SSSR count). The number of carboxylic acid groups (broad SMARTS) is 1. The van der Waals surface area contributed by atoms with Crippen LogP contribution in [0, 0.1) is 0 Å². The maximum absolute atomic E-state index is 10.4. The van der Waals surface area contributed by atoms with Gasteiger partial charge in [0.15, 0.2) is 5.75 Å². The number of hydrogen-bond donors (Lipinski definition) is 1. The molecule has 100 valence electrons. The number of carboxylic acids is 1. The zero-order chi connectivity index (χ0) is 13.7. The molecule has 0 unspecified atom stereocenters. The fourth-order valence-corrected chi connectivity index (χ4v) is 1.51. The molecule has 0 saturated heterocycles. The van der Waals surface area contributed by atoms with Gasteiger partial charge in [-0.05, 0) is 24.3 Å². The van der Waals surface area contributed by atoms with Crippen LogP contribution in [0.3, 0.4) is 0 Å². The molecular formula is C13H14N2O4. The predicted octanol–water partition coefficient (Wildman–Crippen LogP) is 1.73. The lowest BCUT2D eigenvalue weighted by atomic mass is 10.3. The zero-order valence-electron chi connectivity index (χ0n) is 10.4. The smallest absolute Gasteiger partial charge is 0.306 e.